The summed E-state index contributed by atoms with van der Waals surface area (Å²) < 4.78 is 0. The second kappa shape index (κ2) is 4.49. The van der Waals surface area contributed by atoms with E-state index in [9.17, 15) is 4.79 Å². The van der Waals surface area contributed by atoms with Crippen molar-refractivity contribution in [3.05, 3.63) is 11.9 Å². The second-order valence-electron chi connectivity index (χ2n) is 2.04. The minimum absolute atomic E-state index is 0.0562. The molecule has 0 amide bonds. The number of Topliss-reactive ketones (excluding diaryl/α,β-unsaturated/α-hetero) is 1. The fourth-order valence-corrected chi connectivity index (χ4v) is 0.499. The van der Waals surface area contributed by atoms with Crippen molar-refractivity contribution < 1.29 is 4.79 Å². The summed E-state index contributed by atoms with van der Waals surface area (Å²) in [5.74, 6) is 0.125. The third kappa shape index (κ3) is 3.40. The number of allylic oxidation sites excluding steroid dienone is 1. The van der Waals surface area contributed by atoms with Gasteiger partial charge in [0.1, 0.15) is 5.71 Å². The molecule has 0 atom stereocenters. The maximum atomic E-state index is 10.8. The van der Waals surface area contributed by atoms with Gasteiger partial charge in [0.05, 0.1) is 5.82 Å². The highest BCUT2D eigenvalue weighted by Gasteiger charge is 2.02. The third-order valence-electron chi connectivity index (χ3n) is 1.21. The first-order chi connectivity index (χ1) is 5.11. The molecule has 4 heteroatoms. The molecule has 0 unspecified atom stereocenters. The van der Waals surface area contributed by atoms with E-state index < -0.39 is 0 Å². The highest BCUT2D eigenvalue weighted by molar-refractivity contribution is 6.42. The molecule has 4 nitrogen and oxygen atoms in total. The molecule has 0 aliphatic rings. The zero-order valence-corrected chi connectivity index (χ0v) is 6.77. The Balaban J connectivity index is 4.17. The number of hydrogen-bond donors (Lipinski definition) is 3. The van der Waals surface area contributed by atoms with Crippen molar-refractivity contribution >= 4 is 11.5 Å². The first-order valence-electron chi connectivity index (χ1n) is 3.38. The van der Waals surface area contributed by atoms with E-state index >= 15 is 0 Å². The third-order valence-corrected chi connectivity index (χ3v) is 1.21. The predicted octanol–water partition coefficient (Wildman–Crippen LogP) is 0.00477. The fraction of sp³-hybridized carbons (Fsp3) is 0.429. The number of nitrogens with one attached hydrogen (secondary N) is 2. The Kier molecular flexibility index (Phi) is 3.95. The lowest BCUT2D eigenvalue weighted by Gasteiger charge is -1.98. The molecule has 0 aromatic heterocycles. The molecule has 0 bridgehead atoms. The van der Waals surface area contributed by atoms with E-state index in [2.05, 4.69) is 5.32 Å². The summed E-state index contributed by atoms with van der Waals surface area (Å²) in [6.45, 7) is 1.71. The summed E-state index contributed by atoms with van der Waals surface area (Å²) in [6.07, 6.45) is 1.65. The number of carbonyl (C=O) groups excluding carboxylic acids is 1. The molecule has 0 spiro atoms. The van der Waals surface area contributed by atoms with Crippen LogP contribution in [-0.2, 0) is 4.79 Å². The van der Waals surface area contributed by atoms with Crippen LogP contribution in [0.1, 0.15) is 13.3 Å². The Morgan fingerprint density at radius 2 is 2.27 bits per heavy atom. The van der Waals surface area contributed by atoms with Crippen molar-refractivity contribution in [2.24, 2.45) is 5.73 Å². The van der Waals surface area contributed by atoms with Crippen molar-refractivity contribution in [3.63, 3.8) is 0 Å². The number of rotatable bonds is 4. The van der Waals surface area contributed by atoms with E-state index in [1.165, 1.54) is 6.08 Å². The Hall–Kier alpha value is -1.32. The summed E-state index contributed by atoms with van der Waals surface area (Å²) in [5, 5.41) is 9.80. The number of carbonyl (C=O) groups is 1. The average Bonchev–Trinajstić information content (AvgIpc) is 2.02. The number of ketones is 1. The monoisotopic (exact) mass is 155 g/mol. The van der Waals surface area contributed by atoms with Gasteiger partial charge in [-0.3, -0.25) is 10.2 Å². The Bertz CT molecular complexity index is 196. The topological polar surface area (TPSA) is 79.0 Å². The van der Waals surface area contributed by atoms with Gasteiger partial charge in [0.25, 0.3) is 0 Å². The van der Waals surface area contributed by atoms with Crippen molar-refractivity contribution in [1.82, 2.24) is 5.32 Å². The SMILES string of the molecule is CCC(=O)C(=N)/C=C(/N)NC. The van der Waals surface area contributed by atoms with Crippen LogP contribution in [0, 0.1) is 5.41 Å². The van der Waals surface area contributed by atoms with Crippen LogP contribution in [0.4, 0.5) is 0 Å². The molecule has 0 saturated carbocycles. The first kappa shape index (κ1) is 9.68. The molecule has 4 N–H and O–H groups in total. The van der Waals surface area contributed by atoms with Crippen LogP contribution < -0.4 is 11.1 Å². The molecule has 0 aromatic rings. The van der Waals surface area contributed by atoms with Gasteiger partial charge < -0.3 is 11.1 Å². The summed E-state index contributed by atoms with van der Waals surface area (Å²) in [6, 6.07) is 0. The first-order valence-corrected chi connectivity index (χ1v) is 3.38. The van der Waals surface area contributed by atoms with Crippen LogP contribution >= 0.6 is 0 Å². The van der Waals surface area contributed by atoms with Crippen LogP contribution in [0.2, 0.25) is 0 Å². The smallest absolute Gasteiger partial charge is 0.180 e. The lowest BCUT2D eigenvalue weighted by molar-refractivity contribution is -0.112. The molecule has 0 aliphatic heterocycles. The highest BCUT2D eigenvalue weighted by atomic mass is 16.1. The molecular formula is C7H13N3O. The van der Waals surface area contributed by atoms with Crippen LogP contribution in [-0.4, -0.2) is 18.5 Å². The van der Waals surface area contributed by atoms with Crippen LogP contribution in [0.25, 0.3) is 0 Å². The minimum atomic E-state index is -0.205. The standard InChI is InChI=1S/C7H13N3O/c1-3-6(11)5(8)4-7(9)10-2/h4,8,10H,3,9H2,1-2H3/b7-4-,8-5?. The van der Waals surface area contributed by atoms with Gasteiger partial charge in [0, 0.05) is 19.5 Å². The van der Waals surface area contributed by atoms with Crippen LogP contribution in [0.5, 0.6) is 0 Å². The molecule has 11 heavy (non-hydrogen) atoms. The quantitative estimate of drug-likeness (QED) is 0.500. The fourth-order valence-electron chi connectivity index (χ4n) is 0.499. The molecule has 0 saturated heterocycles. The van der Waals surface area contributed by atoms with Crippen molar-refractivity contribution in [1.29, 1.82) is 5.41 Å². The largest absolute Gasteiger partial charge is 0.385 e. The van der Waals surface area contributed by atoms with Gasteiger partial charge in [0.15, 0.2) is 5.78 Å². The Labute approximate surface area is 66.0 Å². The van der Waals surface area contributed by atoms with Gasteiger partial charge >= 0.3 is 0 Å². The van der Waals surface area contributed by atoms with Crippen LogP contribution in [0.3, 0.4) is 0 Å². The molecule has 0 rings (SSSR count). The maximum Gasteiger partial charge on any atom is 0.180 e. The number of nitrogens with two attached hydrogens (primary N) is 1. The summed E-state index contributed by atoms with van der Waals surface area (Å²) >= 11 is 0. The van der Waals surface area contributed by atoms with Gasteiger partial charge in [-0.25, -0.2) is 0 Å². The van der Waals surface area contributed by atoms with E-state index in [0.717, 1.165) is 0 Å². The van der Waals surface area contributed by atoms with E-state index in [0.29, 0.717) is 12.2 Å². The Morgan fingerprint density at radius 1 is 1.73 bits per heavy atom. The summed E-state index contributed by atoms with van der Waals surface area (Å²) in [4.78, 5) is 10.8. The van der Waals surface area contributed by atoms with Gasteiger partial charge in [-0.05, 0) is 0 Å². The van der Waals surface area contributed by atoms with Gasteiger partial charge in [0.2, 0.25) is 0 Å². The van der Waals surface area contributed by atoms with E-state index in [4.69, 9.17) is 11.1 Å². The zero-order chi connectivity index (χ0) is 8.85. The summed E-state index contributed by atoms with van der Waals surface area (Å²) in [7, 11) is 1.63. The summed E-state index contributed by atoms with van der Waals surface area (Å²) in [5.41, 5.74) is 5.27. The molecule has 0 radical (unpaired) electrons. The lowest BCUT2D eigenvalue weighted by atomic mass is 10.2. The van der Waals surface area contributed by atoms with Crippen molar-refractivity contribution in [2.75, 3.05) is 7.05 Å². The van der Waals surface area contributed by atoms with Crippen LogP contribution in [0.15, 0.2) is 11.9 Å². The van der Waals surface area contributed by atoms with E-state index in [1.54, 1.807) is 14.0 Å². The van der Waals surface area contributed by atoms with Gasteiger partial charge in [-0.15, -0.1) is 0 Å². The molecule has 0 fully saturated rings. The molecular weight excluding hydrogens is 142 g/mol. The average molecular weight is 155 g/mol. The Morgan fingerprint density at radius 3 is 2.64 bits per heavy atom. The minimum Gasteiger partial charge on any atom is -0.385 e. The normalized spacial score (nSPS) is 10.9. The van der Waals surface area contributed by atoms with Crippen molar-refractivity contribution in [3.8, 4) is 0 Å². The molecule has 62 valence electrons. The number of hydrogen-bond acceptors (Lipinski definition) is 4. The molecule has 0 aromatic carbocycles. The predicted molar refractivity (Wildman–Crippen MR) is 44.4 cm³/mol. The molecule has 0 heterocycles. The second-order valence-corrected chi connectivity index (χ2v) is 2.04. The maximum absolute atomic E-state index is 10.8. The zero-order valence-electron chi connectivity index (χ0n) is 6.77. The highest BCUT2D eigenvalue weighted by Crippen LogP contribution is 1.87. The van der Waals surface area contributed by atoms with E-state index in [1.807, 2.05) is 0 Å². The van der Waals surface area contributed by atoms with Crippen molar-refractivity contribution in [2.45, 2.75) is 13.3 Å². The van der Waals surface area contributed by atoms with Gasteiger partial charge in [-0.2, -0.15) is 0 Å². The molecule has 0 aliphatic carbocycles. The van der Waals surface area contributed by atoms with E-state index in [-0.39, 0.29) is 11.5 Å². The lowest BCUT2D eigenvalue weighted by Crippen LogP contribution is -2.18. The van der Waals surface area contributed by atoms with Gasteiger partial charge in [-0.1, -0.05) is 6.92 Å².